The smallest absolute Gasteiger partial charge is 0.119 e. The Labute approximate surface area is 186 Å². The Morgan fingerprint density at radius 3 is 2.23 bits per heavy atom. The number of rotatable bonds is 8. The molecule has 2 aromatic carbocycles. The van der Waals surface area contributed by atoms with Crippen molar-refractivity contribution in [3.63, 3.8) is 0 Å². The van der Waals surface area contributed by atoms with Crippen LogP contribution in [-0.4, -0.2) is 16.3 Å². The number of hydrogen-bond acceptors (Lipinski definition) is 2. The van der Waals surface area contributed by atoms with Crippen LogP contribution in [0.5, 0.6) is 11.5 Å². The quantitative estimate of drug-likeness (QED) is 0.411. The molecule has 3 heteroatoms. The van der Waals surface area contributed by atoms with Crippen LogP contribution in [0.2, 0.25) is 0 Å². The van der Waals surface area contributed by atoms with Crippen LogP contribution in [0.25, 0.3) is 16.9 Å². The van der Waals surface area contributed by atoms with E-state index in [-0.39, 0.29) is 5.75 Å². The number of ether oxygens (including phenoxy) is 1. The molecule has 4 rings (SSSR count). The number of aromatic hydroxyl groups is 1. The van der Waals surface area contributed by atoms with Gasteiger partial charge in [0.25, 0.3) is 0 Å². The molecule has 0 radical (unpaired) electrons. The lowest BCUT2D eigenvalue weighted by molar-refractivity contribution is 0.178. The van der Waals surface area contributed by atoms with E-state index in [1.807, 2.05) is 12.1 Å². The van der Waals surface area contributed by atoms with E-state index in [1.165, 1.54) is 50.6 Å². The van der Waals surface area contributed by atoms with Gasteiger partial charge >= 0.3 is 0 Å². The number of nitrogens with zero attached hydrogens (tertiary/aromatic N) is 1. The molecule has 1 saturated carbocycles. The van der Waals surface area contributed by atoms with E-state index < -0.39 is 0 Å². The van der Waals surface area contributed by atoms with Crippen molar-refractivity contribution >= 4 is 0 Å². The van der Waals surface area contributed by atoms with Gasteiger partial charge in [-0.1, -0.05) is 39.0 Å². The van der Waals surface area contributed by atoms with Crippen LogP contribution in [0.3, 0.4) is 0 Å². The van der Waals surface area contributed by atoms with Gasteiger partial charge in [-0.15, -0.1) is 0 Å². The van der Waals surface area contributed by atoms with Crippen molar-refractivity contribution in [1.82, 2.24) is 4.57 Å². The number of hydrogen-bond donors (Lipinski definition) is 1. The summed E-state index contributed by atoms with van der Waals surface area (Å²) in [5.41, 5.74) is 4.50. The first-order valence-corrected chi connectivity index (χ1v) is 11.8. The first-order chi connectivity index (χ1) is 15.1. The summed E-state index contributed by atoms with van der Waals surface area (Å²) < 4.78 is 8.40. The van der Waals surface area contributed by atoms with E-state index in [4.69, 9.17) is 4.74 Å². The van der Waals surface area contributed by atoms with Gasteiger partial charge in [-0.05, 0) is 97.8 Å². The average Bonchev–Trinajstić information content (AvgIpc) is 3.19. The Balaban J connectivity index is 1.37. The first kappa shape index (κ1) is 21.5. The van der Waals surface area contributed by atoms with Crippen molar-refractivity contribution in [2.24, 2.45) is 11.8 Å². The average molecular weight is 418 g/mol. The molecule has 3 aromatic rings. The summed E-state index contributed by atoms with van der Waals surface area (Å²) in [5, 5.41) is 9.60. The highest BCUT2D eigenvalue weighted by molar-refractivity contribution is 5.65. The van der Waals surface area contributed by atoms with E-state index in [9.17, 15) is 5.11 Å². The van der Waals surface area contributed by atoms with Crippen LogP contribution in [0, 0.1) is 18.8 Å². The van der Waals surface area contributed by atoms with Crippen molar-refractivity contribution in [2.75, 3.05) is 6.61 Å². The highest BCUT2D eigenvalue weighted by Crippen LogP contribution is 2.33. The summed E-state index contributed by atoms with van der Waals surface area (Å²) in [6.07, 6.45) is 9.48. The van der Waals surface area contributed by atoms with E-state index in [1.54, 1.807) is 12.1 Å². The zero-order chi connectivity index (χ0) is 21.6. The van der Waals surface area contributed by atoms with Gasteiger partial charge in [0.15, 0.2) is 0 Å². The standard InChI is InChI=1S/C28H35NO2/c1-3-4-5-22-7-9-23(10-8-22)20-31-27-17-13-25(14-18-27)29-21(2)6-19-28(29)24-11-15-26(30)16-12-24/h6,11-19,22-23,30H,3-5,7-10,20H2,1-2H3. The Bertz CT molecular complexity index is 948. The molecular weight excluding hydrogens is 382 g/mol. The highest BCUT2D eigenvalue weighted by atomic mass is 16.5. The third-order valence-electron chi connectivity index (χ3n) is 6.75. The van der Waals surface area contributed by atoms with Crippen LogP contribution >= 0.6 is 0 Å². The van der Waals surface area contributed by atoms with Crippen LogP contribution in [0.4, 0.5) is 0 Å². The normalized spacial score (nSPS) is 18.8. The minimum atomic E-state index is 0.287. The third kappa shape index (κ3) is 5.33. The summed E-state index contributed by atoms with van der Waals surface area (Å²) >= 11 is 0. The largest absolute Gasteiger partial charge is 0.508 e. The molecule has 0 saturated heterocycles. The van der Waals surface area contributed by atoms with Crippen molar-refractivity contribution in [1.29, 1.82) is 0 Å². The van der Waals surface area contributed by atoms with Crippen molar-refractivity contribution < 1.29 is 9.84 Å². The fourth-order valence-corrected chi connectivity index (χ4v) is 4.82. The maximum absolute atomic E-state index is 9.60. The van der Waals surface area contributed by atoms with Gasteiger partial charge in [0.05, 0.1) is 12.3 Å². The van der Waals surface area contributed by atoms with Gasteiger partial charge in [-0.25, -0.2) is 0 Å². The third-order valence-corrected chi connectivity index (χ3v) is 6.75. The van der Waals surface area contributed by atoms with Gasteiger partial charge in [-0.3, -0.25) is 0 Å². The van der Waals surface area contributed by atoms with Gasteiger partial charge in [0.2, 0.25) is 0 Å². The number of aromatic nitrogens is 1. The monoisotopic (exact) mass is 417 g/mol. The molecule has 31 heavy (non-hydrogen) atoms. The lowest BCUT2D eigenvalue weighted by Crippen LogP contribution is -2.20. The molecule has 0 unspecified atom stereocenters. The molecule has 1 aliphatic rings. The second-order valence-corrected chi connectivity index (χ2v) is 9.08. The van der Waals surface area contributed by atoms with Crippen molar-refractivity contribution in [3.8, 4) is 28.4 Å². The summed E-state index contributed by atoms with van der Waals surface area (Å²) in [5.74, 6) is 2.88. The summed E-state index contributed by atoms with van der Waals surface area (Å²) in [6.45, 7) is 5.24. The Morgan fingerprint density at radius 2 is 1.55 bits per heavy atom. The first-order valence-electron chi connectivity index (χ1n) is 11.8. The lowest BCUT2D eigenvalue weighted by atomic mass is 9.80. The number of phenolic OH excluding ortho intramolecular Hbond substituents is 1. The molecule has 1 aliphatic carbocycles. The predicted octanol–water partition coefficient (Wildman–Crippen LogP) is 7.53. The highest BCUT2D eigenvalue weighted by Gasteiger charge is 2.21. The summed E-state index contributed by atoms with van der Waals surface area (Å²) in [4.78, 5) is 0. The summed E-state index contributed by atoms with van der Waals surface area (Å²) in [7, 11) is 0. The zero-order valence-electron chi connectivity index (χ0n) is 18.9. The number of benzene rings is 2. The number of aryl methyl sites for hydroxylation is 1. The molecule has 0 amide bonds. The maximum Gasteiger partial charge on any atom is 0.119 e. The van der Waals surface area contributed by atoms with Crippen LogP contribution in [0.15, 0.2) is 60.7 Å². The molecule has 1 aromatic heterocycles. The second kappa shape index (κ2) is 10.1. The maximum atomic E-state index is 9.60. The van der Waals surface area contributed by atoms with E-state index >= 15 is 0 Å². The lowest BCUT2D eigenvalue weighted by Gasteiger charge is -2.28. The summed E-state index contributed by atoms with van der Waals surface area (Å²) in [6, 6.07) is 20.1. The Hall–Kier alpha value is -2.68. The minimum absolute atomic E-state index is 0.287. The van der Waals surface area contributed by atoms with E-state index in [2.05, 4.69) is 54.8 Å². The molecule has 0 aliphatic heterocycles. The SMILES string of the molecule is CCCCC1CCC(COc2ccc(-n3c(C)ccc3-c3ccc(O)cc3)cc2)CC1. The van der Waals surface area contributed by atoms with Crippen LogP contribution in [0.1, 0.15) is 57.6 Å². The predicted molar refractivity (Wildman–Crippen MR) is 128 cm³/mol. The molecule has 3 nitrogen and oxygen atoms in total. The van der Waals surface area contributed by atoms with Gasteiger partial charge in [0.1, 0.15) is 11.5 Å². The van der Waals surface area contributed by atoms with Gasteiger partial charge in [0, 0.05) is 11.4 Å². The van der Waals surface area contributed by atoms with Crippen LogP contribution in [-0.2, 0) is 0 Å². The molecular formula is C28H35NO2. The molecule has 0 spiro atoms. The van der Waals surface area contributed by atoms with Gasteiger partial charge in [-0.2, -0.15) is 0 Å². The van der Waals surface area contributed by atoms with E-state index in [0.717, 1.165) is 35.2 Å². The van der Waals surface area contributed by atoms with Crippen molar-refractivity contribution in [3.05, 3.63) is 66.4 Å². The Kier molecular flexibility index (Phi) is 7.01. The van der Waals surface area contributed by atoms with Gasteiger partial charge < -0.3 is 14.4 Å². The topological polar surface area (TPSA) is 34.4 Å². The van der Waals surface area contributed by atoms with Crippen molar-refractivity contribution in [2.45, 2.75) is 58.8 Å². The second-order valence-electron chi connectivity index (χ2n) is 9.08. The zero-order valence-corrected chi connectivity index (χ0v) is 18.9. The molecule has 164 valence electrons. The molecule has 1 heterocycles. The minimum Gasteiger partial charge on any atom is -0.508 e. The number of unbranched alkanes of at least 4 members (excludes halogenated alkanes) is 1. The Morgan fingerprint density at radius 1 is 0.871 bits per heavy atom. The van der Waals surface area contributed by atoms with Crippen LogP contribution < -0.4 is 4.74 Å². The fourth-order valence-electron chi connectivity index (χ4n) is 4.82. The fraction of sp³-hybridized carbons (Fsp3) is 0.429. The molecule has 0 bridgehead atoms. The molecule has 0 atom stereocenters. The number of phenols is 1. The molecule has 1 N–H and O–H groups in total. The molecule has 1 fully saturated rings. The van der Waals surface area contributed by atoms with E-state index in [0.29, 0.717) is 5.92 Å².